The van der Waals surface area contributed by atoms with Gasteiger partial charge in [-0.1, -0.05) is 18.2 Å². The zero-order valence-electron chi connectivity index (χ0n) is 13.7. The van der Waals surface area contributed by atoms with Crippen LogP contribution in [-0.2, 0) is 0 Å². The minimum absolute atomic E-state index is 0.163. The summed E-state index contributed by atoms with van der Waals surface area (Å²) in [7, 11) is 1.54. The lowest BCUT2D eigenvalue weighted by Crippen LogP contribution is -2.00. The molecule has 2 aromatic carbocycles. The van der Waals surface area contributed by atoms with Gasteiger partial charge >= 0.3 is 5.97 Å². The Labute approximate surface area is 143 Å². The summed E-state index contributed by atoms with van der Waals surface area (Å²) in [5.41, 5.74) is 3.04. The number of benzene rings is 2. The summed E-state index contributed by atoms with van der Waals surface area (Å²) >= 11 is 0. The number of hydrogen-bond donors (Lipinski definition) is 1. The number of aryl methyl sites for hydroxylation is 1. The van der Waals surface area contributed by atoms with Crippen LogP contribution in [-0.4, -0.2) is 23.2 Å². The lowest BCUT2D eigenvalue weighted by atomic mass is 10.1. The number of para-hydroxylation sites is 1. The summed E-state index contributed by atoms with van der Waals surface area (Å²) in [6, 6.07) is 14.5. The summed E-state index contributed by atoms with van der Waals surface area (Å²) in [4.78, 5) is 16.3. The molecule has 0 unspecified atom stereocenters. The highest BCUT2D eigenvalue weighted by atomic mass is 16.5. The predicted octanol–water partition coefficient (Wildman–Crippen LogP) is 4.66. The number of furan rings is 1. The van der Waals surface area contributed by atoms with Crippen molar-refractivity contribution in [3.63, 3.8) is 0 Å². The molecule has 5 heteroatoms. The highest BCUT2D eigenvalue weighted by Crippen LogP contribution is 2.32. The first-order valence-electron chi connectivity index (χ1n) is 7.78. The lowest BCUT2D eigenvalue weighted by molar-refractivity contribution is 0.0699. The van der Waals surface area contributed by atoms with Crippen LogP contribution in [0, 0.1) is 6.92 Å². The quantitative estimate of drug-likeness (QED) is 0.590. The maximum Gasteiger partial charge on any atom is 0.336 e. The van der Waals surface area contributed by atoms with Gasteiger partial charge in [-0.3, -0.25) is 0 Å². The number of aromatic carboxylic acids is 1. The van der Waals surface area contributed by atoms with Gasteiger partial charge < -0.3 is 14.3 Å². The van der Waals surface area contributed by atoms with Crippen molar-refractivity contribution in [1.29, 1.82) is 0 Å². The molecule has 1 N–H and O–H groups in total. The molecule has 0 saturated heterocycles. The highest BCUT2D eigenvalue weighted by molar-refractivity contribution is 6.04. The van der Waals surface area contributed by atoms with Crippen LogP contribution >= 0.6 is 0 Å². The van der Waals surface area contributed by atoms with Crippen LogP contribution in [0.3, 0.4) is 0 Å². The Bertz CT molecular complexity index is 1130. The van der Waals surface area contributed by atoms with Crippen molar-refractivity contribution in [3.05, 3.63) is 59.7 Å². The van der Waals surface area contributed by atoms with E-state index >= 15 is 0 Å². The number of carboxylic acid groups (broad SMARTS) is 1. The fraction of sp³-hybridized carbons (Fsp3) is 0.100. The summed E-state index contributed by atoms with van der Waals surface area (Å²) < 4.78 is 11.1. The molecule has 0 spiro atoms. The molecule has 0 aliphatic carbocycles. The fourth-order valence-electron chi connectivity index (χ4n) is 2.97. The number of pyridine rings is 1. The van der Waals surface area contributed by atoms with Gasteiger partial charge in [-0.2, -0.15) is 0 Å². The van der Waals surface area contributed by atoms with Crippen LogP contribution in [0.1, 0.15) is 15.9 Å². The van der Waals surface area contributed by atoms with E-state index in [2.05, 4.69) is 4.98 Å². The van der Waals surface area contributed by atoms with Crippen LogP contribution in [0.15, 0.2) is 52.9 Å². The fourth-order valence-corrected chi connectivity index (χ4v) is 2.97. The van der Waals surface area contributed by atoms with Crippen molar-refractivity contribution in [2.45, 2.75) is 6.92 Å². The van der Waals surface area contributed by atoms with E-state index in [1.807, 2.05) is 31.2 Å². The minimum Gasteiger partial charge on any atom is -0.497 e. The predicted molar refractivity (Wildman–Crippen MR) is 95.2 cm³/mol. The monoisotopic (exact) mass is 333 g/mol. The Kier molecular flexibility index (Phi) is 3.42. The largest absolute Gasteiger partial charge is 0.497 e. The first-order valence-corrected chi connectivity index (χ1v) is 7.78. The normalized spacial score (nSPS) is 11.1. The van der Waals surface area contributed by atoms with E-state index in [0.717, 1.165) is 16.5 Å². The molecule has 4 aromatic rings. The van der Waals surface area contributed by atoms with Crippen molar-refractivity contribution in [3.8, 4) is 17.2 Å². The number of methoxy groups -OCH3 is 1. The molecule has 0 radical (unpaired) electrons. The molecule has 0 aliphatic heterocycles. The molecule has 0 aliphatic rings. The van der Waals surface area contributed by atoms with Gasteiger partial charge in [-0.25, -0.2) is 9.78 Å². The van der Waals surface area contributed by atoms with Gasteiger partial charge in [0.25, 0.3) is 0 Å². The SMILES string of the molecule is COc1ccc2nc(-c3cc4cccc(C)c4o3)cc(C(=O)O)c2c1. The maximum atomic E-state index is 11.7. The standard InChI is InChI=1S/C20H15NO4/c1-11-4-3-5-12-8-18(25-19(11)12)17-10-15(20(22)23)14-9-13(24-2)6-7-16(14)21-17/h3-10H,1-2H3,(H,22,23). The summed E-state index contributed by atoms with van der Waals surface area (Å²) in [5.74, 6) is 0.114. The molecule has 5 nitrogen and oxygen atoms in total. The first kappa shape index (κ1) is 15.2. The second-order valence-electron chi connectivity index (χ2n) is 5.85. The zero-order valence-corrected chi connectivity index (χ0v) is 13.7. The maximum absolute atomic E-state index is 11.7. The molecule has 0 amide bonds. The number of nitrogens with zero attached hydrogens (tertiary/aromatic N) is 1. The number of rotatable bonds is 3. The van der Waals surface area contributed by atoms with Gasteiger partial charge in [-0.15, -0.1) is 0 Å². The third-order valence-corrected chi connectivity index (χ3v) is 4.24. The van der Waals surface area contributed by atoms with E-state index in [-0.39, 0.29) is 5.56 Å². The van der Waals surface area contributed by atoms with Crippen LogP contribution in [0.2, 0.25) is 0 Å². The zero-order chi connectivity index (χ0) is 17.6. The summed E-state index contributed by atoms with van der Waals surface area (Å²) in [6.07, 6.45) is 0. The van der Waals surface area contributed by atoms with Crippen molar-refractivity contribution in [1.82, 2.24) is 4.98 Å². The summed E-state index contributed by atoms with van der Waals surface area (Å²) in [5, 5.41) is 11.1. The molecule has 2 aromatic heterocycles. The number of aromatic nitrogens is 1. The van der Waals surface area contributed by atoms with E-state index in [4.69, 9.17) is 9.15 Å². The van der Waals surface area contributed by atoms with Gasteiger partial charge in [0.1, 0.15) is 17.0 Å². The second-order valence-corrected chi connectivity index (χ2v) is 5.85. The Morgan fingerprint density at radius 1 is 1.16 bits per heavy atom. The van der Waals surface area contributed by atoms with Gasteiger partial charge in [0, 0.05) is 10.8 Å². The number of carboxylic acids is 1. The molecular formula is C20H15NO4. The van der Waals surface area contributed by atoms with E-state index in [1.54, 1.807) is 25.3 Å². The van der Waals surface area contributed by atoms with Gasteiger partial charge in [0.05, 0.1) is 18.2 Å². The summed E-state index contributed by atoms with van der Waals surface area (Å²) in [6.45, 7) is 1.97. The van der Waals surface area contributed by atoms with Crippen LogP contribution in [0.25, 0.3) is 33.3 Å². The van der Waals surface area contributed by atoms with Gasteiger partial charge in [-0.05, 0) is 42.8 Å². The van der Waals surface area contributed by atoms with Crippen molar-refractivity contribution in [2.75, 3.05) is 7.11 Å². The Morgan fingerprint density at radius 2 is 2.00 bits per heavy atom. The molecule has 0 saturated carbocycles. The molecule has 0 atom stereocenters. The van der Waals surface area contributed by atoms with Crippen LogP contribution in [0.4, 0.5) is 0 Å². The topological polar surface area (TPSA) is 72.6 Å². The molecule has 0 fully saturated rings. The highest BCUT2D eigenvalue weighted by Gasteiger charge is 2.16. The number of ether oxygens (including phenoxy) is 1. The number of fused-ring (bicyclic) bond motifs is 2. The Morgan fingerprint density at radius 3 is 2.72 bits per heavy atom. The molecule has 0 bridgehead atoms. The Balaban J connectivity index is 1.97. The average Bonchev–Trinajstić information content (AvgIpc) is 3.06. The van der Waals surface area contributed by atoms with Crippen molar-refractivity contribution >= 4 is 27.8 Å². The van der Waals surface area contributed by atoms with E-state index in [9.17, 15) is 9.90 Å². The smallest absolute Gasteiger partial charge is 0.336 e. The van der Waals surface area contributed by atoms with Crippen molar-refractivity contribution < 1.29 is 19.1 Å². The van der Waals surface area contributed by atoms with Crippen molar-refractivity contribution in [2.24, 2.45) is 0 Å². The average molecular weight is 333 g/mol. The minimum atomic E-state index is -1.02. The number of hydrogen-bond acceptors (Lipinski definition) is 4. The molecule has 25 heavy (non-hydrogen) atoms. The molecule has 4 rings (SSSR count). The van der Waals surface area contributed by atoms with E-state index < -0.39 is 5.97 Å². The van der Waals surface area contributed by atoms with Gasteiger partial charge in [0.15, 0.2) is 5.76 Å². The first-order chi connectivity index (χ1) is 12.1. The number of carbonyl (C=O) groups is 1. The van der Waals surface area contributed by atoms with E-state index in [1.165, 1.54) is 6.07 Å². The lowest BCUT2D eigenvalue weighted by Gasteiger charge is -2.07. The van der Waals surface area contributed by atoms with Gasteiger partial charge in [0.2, 0.25) is 0 Å². The third kappa shape index (κ3) is 2.50. The van der Waals surface area contributed by atoms with Crippen LogP contribution < -0.4 is 4.74 Å². The molecule has 2 heterocycles. The van der Waals surface area contributed by atoms with E-state index in [0.29, 0.717) is 28.1 Å². The Hall–Kier alpha value is -3.34. The van der Waals surface area contributed by atoms with Crippen LogP contribution in [0.5, 0.6) is 5.75 Å². The second kappa shape index (κ2) is 5.63. The molecular weight excluding hydrogens is 318 g/mol. The molecule has 124 valence electrons. The third-order valence-electron chi connectivity index (χ3n) is 4.24.